The van der Waals surface area contributed by atoms with Gasteiger partial charge in [-0.25, -0.2) is 0 Å². The molecule has 10 heteroatoms. The minimum atomic E-state index is -4.46. The third-order valence-electron chi connectivity index (χ3n) is 8.55. The van der Waals surface area contributed by atoms with Crippen molar-refractivity contribution in [2.45, 2.75) is 38.1 Å². The zero-order valence-electron chi connectivity index (χ0n) is 26.3. The summed E-state index contributed by atoms with van der Waals surface area (Å²) >= 11 is 0. The molecule has 244 valence electrons. The molecular formula is C38H34F3N5O2. The van der Waals surface area contributed by atoms with Gasteiger partial charge in [-0.2, -0.15) is 18.3 Å². The third kappa shape index (κ3) is 7.71. The van der Waals surface area contributed by atoms with Crippen LogP contribution in [-0.4, -0.2) is 49.0 Å². The lowest BCUT2D eigenvalue weighted by Crippen LogP contribution is -2.52. The number of halogens is 3. The molecule has 1 aliphatic heterocycles. The molecule has 6 rings (SSSR count). The summed E-state index contributed by atoms with van der Waals surface area (Å²) in [6.45, 7) is 1.08. The van der Waals surface area contributed by atoms with E-state index in [1.54, 1.807) is 40.1 Å². The van der Waals surface area contributed by atoms with E-state index in [0.717, 1.165) is 39.9 Å². The monoisotopic (exact) mass is 649 g/mol. The van der Waals surface area contributed by atoms with Crippen LogP contribution in [-0.2, 0) is 48.7 Å². The molecule has 2 aromatic heterocycles. The molecule has 1 atom stereocenters. The summed E-state index contributed by atoms with van der Waals surface area (Å²) in [6.07, 6.45) is 6.25. The van der Waals surface area contributed by atoms with Gasteiger partial charge < -0.3 is 9.80 Å². The number of carbonyl (C=O) groups excluding carboxylic acids is 2. The van der Waals surface area contributed by atoms with E-state index in [1.165, 1.54) is 29.8 Å². The smallest absolute Gasteiger partial charge is 0.336 e. The van der Waals surface area contributed by atoms with E-state index < -0.39 is 23.7 Å². The van der Waals surface area contributed by atoms with Crippen molar-refractivity contribution in [1.82, 2.24) is 24.6 Å². The Kier molecular flexibility index (Phi) is 9.52. The number of carbonyl (C=O) groups is 2. The zero-order chi connectivity index (χ0) is 33.7. The van der Waals surface area contributed by atoms with Crippen molar-refractivity contribution in [3.63, 3.8) is 0 Å². The van der Waals surface area contributed by atoms with Crippen molar-refractivity contribution in [3.8, 4) is 11.1 Å². The largest absolute Gasteiger partial charge is 0.416 e. The van der Waals surface area contributed by atoms with Crippen molar-refractivity contribution in [2.75, 3.05) is 6.54 Å². The molecule has 0 N–H and O–H groups in total. The molecule has 1 aliphatic rings. The van der Waals surface area contributed by atoms with Crippen molar-refractivity contribution in [3.05, 3.63) is 149 Å². The number of aryl methyl sites for hydroxylation is 1. The molecule has 3 heterocycles. The summed E-state index contributed by atoms with van der Waals surface area (Å²) < 4.78 is 41.0. The molecule has 0 saturated carbocycles. The van der Waals surface area contributed by atoms with Crippen molar-refractivity contribution in [1.29, 1.82) is 0 Å². The maximum Gasteiger partial charge on any atom is 0.416 e. The summed E-state index contributed by atoms with van der Waals surface area (Å²) in [5.74, 6) is -0.620. The van der Waals surface area contributed by atoms with E-state index >= 15 is 0 Å². The SMILES string of the molecule is Cn1cc(CC(C(=O)N2CCc3ccccc3C2)N(Cc2ccc(-c3ccncc3)cc2)C(=O)/C=C/c2ccc(C(F)(F)F)cc2)cn1. The van der Waals surface area contributed by atoms with E-state index in [2.05, 4.69) is 16.1 Å². The second kappa shape index (κ2) is 14.1. The van der Waals surface area contributed by atoms with E-state index in [9.17, 15) is 22.8 Å². The molecule has 0 spiro atoms. The molecular weight excluding hydrogens is 615 g/mol. The predicted octanol–water partition coefficient (Wildman–Crippen LogP) is 6.74. The molecule has 5 aromatic rings. The lowest BCUT2D eigenvalue weighted by molar-refractivity contribution is -0.144. The van der Waals surface area contributed by atoms with Gasteiger partial charge in [0.25, 0.3) is 0 Å². The van der Waals surface area contributed by atoms with Gasteiger partial charge in [-0.15, -0.1) is 0 Å². The highest BCUT2D eigenvalue weighted by atomic mass is 19.4. The van der Waals surface area contributed by atoms with Crippen LogP contribution < -0.4 is 0 Å². The topological polar surface area (TPSA) is 71.3 Å². The Morgan fingerprint density at radius 1 is 0.896 bits per heavy atom. The second-order valence-electron chi connectivity index (χ2n) is 11.9. The average Bonchev–Trinajstić information content (AvgIpc) is 3.52. The number of hydrogen-bond acceptors (Lipinski definition) is 4. The summed E-state index contributed by atoms with van der Waals surface area (Å²) in [5, 5.41) is 4.29. The molecule has 0 fully saturated rings. The predicted molar refractivity (Wildman–Crippen MR) is 177 cm³/mol. The molecule has 0 radical (unpaired) electrons. The normalized spacial score (nSPS) is 13.7. The van der Waals surface area contributed by atoms with Gasteiger partial charge in [0.2, 0.25) is 11.8 Å². The number of alkyl halides is 3. The number of fused-ring (bicyclic) bond motifs is 1. The first-order chi connectivity index (χ1) is 23.1. The van der Waals surface area contributed by atoms with Gasteiger partial charge in [-0.3, -0.25) is 19.3 Å². The first-order valence-electron chi connectivity index (χ1n) is 15.6. The fourth-order valence-corrected chi connectivity index (χ4v) is 5.96. The first-order valence-corrected chi connectivity index (χ1v) is 15.6. The third-order valence-corrected chi connectivity index (χ3v) is 8.55. The fraction of sp³-hybridized carbons (Fsp3) is 0.211. The van der Waals surface area contributed by atoms with Crippen LogP contribution in [0.3, 0.4) is 0 Å². The molecule has 7 nitrogen and oxygen atoms in total. The van der Waals surface area contributed by atoms with Crippen molar-refractivity contribution >= 4 is 17.9 Å². The molecule has 0 bridgehead atoms. The molecule has 3 aromatic carbocycles. The van der Waals surface area contributed by atoms with Crippen LogP contribution in [0.1, 0.15) is 33.4 Å². The fourth-order valence-electron chi connectivity index (χ4n) is 5.96. The highest BCUT2D eigenvalue weighted by Gasteiger charge is 2.34. The maximum absolute atomic E-state index is 14.5. The van der Waals surface area contributed by atoms with E-state index in [1.807, 2.05) is 60.8 Å². The van der Waals surface area contributed by atoms with Crippen LogP contribution in [0.4, 0.5) is 13.2 Å². The van der Waals surface area contributed by atoms with Gasteiger partial charge in [-0.05, 0) is 75.7 Å². The Bertz CT molecular complexity index is 1900. The Morgan fingerprint density at radius 2 is 1.58 bits per heavy atom. The van der Waals surface area contributed by atoms with Gasteiger partial charge in [0.05, 0.1) is 11.8 Å². The number of nitrogens with zero attached hydrogens (tertiary/aromatic N) is 5. The van der Waals surface area contributed by atoms with Gasteiger partial charge in [0.15, 0.2) is 0 Å². The molecule has 2 amide bonds. The Balaban J connectivity index is 1.33. The summed E-state index contributed by atoms with van der Waals surface area (Å²) in [6, 6.07) is 23.4. The van der Waals surface area contributed by atoms with Crippen LogP contribution in [0.25, 0.3) is 17.2 Å². The van der Waals surface area contributed by atoms with Crippen molar-refractivity contribution in [2.24, 2.45) is 7.05 Å². The molecule has 1 unspecified atom stereocenters. The first kappa shape index (κ1) is 32.4. The molecule has 0 saturated heterocycles. The van der Waals surface area contributed by atoms with Crippen LogP contribution in [0.5, 0.6) is 0 Å². The number of hydrogen-bond donors (Lipinski definition) is 0. The second-order valence-corrected chi connectivity index (χ2v) is 11.9. The minimum Gasteiger partial charge on any atom is -0.336 e. The number of rotatable bonds is 9. The Morgan fingerprint density at radius 3 is 2.25 bits per heavy atom. The highest BCUT2D eigenvalue weighted by molar-refractivity contribution is 5.96. The molecule has 0 aliphatic carbocycles. The van der Waals surface area contributed by atoms with Gasteiger partial charge in [0.1, 0.15) is 6.04 Å². The summed E-state index contributed by atoms with van der Waals surface area (Å²) in [7, 11) is 1.79. The van der Waals surface area contributed by atoms with Crippen LogP contribution in [0.15, 0.2) is 116 Å². The van der Waals surface area contributed by atoms with Crippen LogP contribution >= 0.6 is 0 Å². The summed E-state index contributed by atoms with van der Waals surface area (Å²) in [5.41, 5.74) is 5.53. The van der Waals surface area contributed by atoms with Crippen LogP contribution in [0.2, 0.25) is 0 Å². The quantitative estimate of drug-likeness (QED) is 0.166. The number of aromatic nitrogens is 3. The average molecular weight is 650 g/mol. The van der Waals surface area contributed by atoms with Crippen molar-refractivity contribution < 1.29 is 22.8 Å². The molecule has 48 heavy (non-hydrogen) atoms. The maximum atomic E-state index is 14.5. The Labute approximate surface area is 277 Å². The number of benzene rings is 3. The van der Waals surface area contributed by atoms with E-state index in [-0.39, 0.29) is 18.9 Å². The minimum absolute atomic E-state index is 0.133. The summed E-state index contributed by atoms with van der Waals surface area (Å²) in [4.78, 5) is 36.0. The van der Waals surface area contributed by atoms with Gasteiger partial charge in [-0.1, -0.05) is 60.7 Å². The van der Waals surface area contributed by atoms with E-state index in [0.29, 0.717) is 25.1 Å². The lowest BCUT2D eigenvalue weighted by Gasteiger charge is -2.36. The van der Waals surface area contributed by atoms with Gasteiger partial charge >= 0.3 is 6.18 Å². The van der Waals surface area contributed by atoms with Gasteiger partial charge in [0, 0.05) is 57.8 Å². The van der Waals surface area contributed by atoms with E-state index in [4.69, 9.17) is 0 Å². The number of amides is 2. The number of pyridine rings is 1. The zero-order valence-corrected chi connectivity index (χ0v) is 26.3. The van der Waals surface area contributed by atoms with Crippen LogP contribution in [0, 0.1) is 0 Å². The lowest BCUT2D eigenvalue weighted by atomic mass is 9.97. The highest BCUT2D eigenvalue weighted by Crippen LogP contribution is 2.29. The Hall–Kier alpha value is -5.51. The standard InChI is InChI=1S/C38H34F3N5O2/c1-44-24-29(23-43-44)22-35(37(48)45-21-18-30-4-2-3-5-33(30)26-45)46(25-28-6-11-31(12-7-28)32-16-19-42-20-17-32)36(47)15-10-27-8-13-34(14-9-27)38(39,40)41/h2-17,19-20,23-24,35H,18,21-22,25-26H2,1H3/b15-10+.